The molecule has 23 heavy (non-hydrogen) atoms. The van der Waals surface area contributed by atoms with Crippen molar-refractivity contribution in [3.63, 3.8) is 0 Å². The Labute approximate surface area is 130 Å². The van der Waals surface area contributed by atoms with Gasteiger partial charge < -0.3 is 5.32 Å². The van der Waals surface area contributed by atoms with Gasteiger partial charge in [0.25, 0.3) is 0 Å². The summed E-state index contributed by atoms with van der Waals surface area (Å²) in [5.74, 6) is -1.48. The molecule has 0 aliphatic rings. The van der Waals surface area contributed by atoms with Gasteiger partial charge in [-0.25, -0.2) is 13.5 Å². The highest BCUT2D eigenvalue weighted by atomic mass is 19.1. The lowest BCUT2D eigenvalue weighted by Gasteiger charge is -2.15. The third-order valence-electron chi connectivity index (χ3n) is 3.52. The van der Waals surface area contributed by atoms with Gasteiger partial charge >= 0.3 is 0 Å². The first-order valence-corrected chi connectivity index (χ1v) is 7.07. The molecule has 0 fully saturated rings. The van der Waals surface area contributed by atoms with Gasteiger partial charge in [0.2, 0.25) is 5.91 Å². The summed E-state index contributed by atoms with van der Waals surface area (Å²) in [6, 6.07) is 9.74. The highest BCUT2D eigenvalue weighted by Gasteiger charge is 2.16. The molecule has 0 bridgehead atoms. The van der Waals surface area contributed by atoms with Crippen LogP contribution in [0.3, 0.4) is 0 Å². The highest BCUT2D eigenvalue weighted by molar-refractivity contribution is 5.80. The molecule has 5 nitrogen and oxygen atoms in total. The Morgan fingerprint density at radius 2 is 2.04 bits per heavy atom. The van der Waals surface area contributed by atoms with E-state index in [4.69, 9.17) is 0 Å². The number of fused-ring (bicyclic) bond motifs is 1. The number of halogens is 2. The molecule has 7 heteroatoms. The number of carbonyl (C=O) groups is 1. The number of hydrogen-bond donors (Lipinski definition) is 1. The van der Waals surface area contributed by atoms with Crippen LogP contribution in [0.5, 0.6) is 0 Å². The molecule has 1 unspecified atom stereocenters. The summed E-state index contributed by atoms with van der Waals surface area (Å²) in [6.07, 6.45) is 0. The Bertz CT molecular complexity index is 862. The molecule has 0 radical (unpaired) electrons. The molecule has 1 N–H and O–H groups in total. The van der Waals surface area contributed by atoms with Crippen LogP contribution in [0.25, 0.3) is 11.0 Å². The van der Waals surface area contributed by atoms with Gasteiger partial charge in [-0.2, -0.15) is 0 Å². The molecule has 1 aromatic heterocycles. The van der Waals surface area contributed by atoms with Crippen molar-refractivity contribution in [2.45, 2.75) is 19.5 Å². The molecular formula is C16H14F2N4O. The zero-order chi connectivity index (χ0) is 16.4. The predicted octanol–water partition coefficient (Wildman–Crippen LogP) is 2.59. The van der Waals surface area contributed by atoms with Crippen LogP contribution in [-0.4, -0.2) is 20.9 Å². The fourth-order valence-electron chi connectivity index (χ4n) is 2.38. The molecule has 0 aliphatic heterocycles. The molecule has 0 spiro atoms. The molecule has 0 saturated carbocycles. The average molecular weight is 316 g/mol. The minimum absolute atomic E-state index is 0.0538. The Morgan fingerprint density at radius 3 is 2.87 bits per heavy atom. The summed E-state index contributed by atoms with van der Waals surface area (Å²) in [7, 11) is 0. The summed E-state index contributed by atoms with van der Waals surface area (Å²) in [5.41, 5.74) is 1.51. The monoisotopic (exact) mass is 316 g/mol. The summed E-state index contributed by atoms with van der Waals surface area (Å²) in [5, 5.41) is 10.5. The van der Waals surface area contributed by atoms with E-state index in [0.717, 1.165) is 23.7 Å². The summed E-state index contributed by atoms with van der Waals surface area (Å²) in [6.45, 7) is 1.54. The lowest BCUT2D eigenvalue weighted by Crippen LogP contribution is -2.31. The van der Waals surface area contributed by atoms with Crippen molar-refractivity contribution in [3.8, 4) is 0 Å². The van der Waals surface area contributed by atoms with Crippen LogP contribution >= 0.6 is 0 Å². The Balaban J connectivity index is 1.73. The first kappa shape index (κ1) is 15.1. The Kier molecular flexibility index (Phi) is 4.01. The SMILES string of the molecule is CC(NC(=O)Cn1nnc2ccccc21)c1cc(F)ccc1F. The van der Waals surface area contributed by atoms with Crippen molar-refractivity contribution in [2.75, 3.05) is 0 Å². The quantitative estimate of drug-likeness (QED) is 0.805. The molecule has 118 valence electrons. The zero-order valence-electron chi connectivity index (χ0n) is 12.3. The van der Waals surface area contributed by atoms with E-state index in [9.17, 15) is 13.6 Å². The first-order valence-electron chi connectivity index (χ1n) is 7.07. The van der Waals surface area contributed by atoms with Crippen LogP contribution in [0.15, 0.2) is 42.5 Å². The number of hydrogen-bond acceptors (Lipinski definition) is 3. The van der Waals surface area contributed by atoms with E-state index in [2.05, 4.69) is 15.6 Å². The van der Waals surface area contributed by atoms with Crippen molar-refractivity contribution >= 4 is 16.9 Å². The number of nitrogens with one attached hydrogen (secondary N) is 1. The van der Waals surface area contributed by atoms with E-state index in [1.165, 1.54) is 4.68 Å². The second-order valence-electron chi connectivity index (χ2n) is 5.19. The van der Waals surface area contributed by atoms with Crippen LogP contribution in [0.4, 0.5) is 8.78 Å². The van der Waals surface area contributed by atoms with Gasteiger partial charge in [0, 0.05) is 5.56 Å². The molecule has 0 saturated heterocycles. The van der Waals surface area contributed by atoms with Gasteiger partial charge in [0.05, 0.1) is 11.6 Å². The summed E-state index contributed by atoms with van der Waals surface area (Å²) < 4.78 is 28.4. The average Bonchev–Trinajstić information content (AvgIpc) is 2.93. The van der Waals surface area contributed by atoms with Crippen LogP contribution in [0, 0.1) is 11.6 Å². The van der Waals surface area contributed by atoms with Gasteiger partial charge in [0.15, 0.2) is 0 Å². The van der Waals surface area contributed by atoms with Crippen molar-refractivity contribution in [1.29, 1.82) is 0 Å². The number of aromatic nitrogens is 3. The van der Waals surface area contributed by atoms with E-state index in [-0.39, 0.29) is 18.0 Å². The first-order chi connectivity index (χ1) is 11.0. The molecule has 1 heterocycles. The molecule has 2 aromatic carbocycles. The third-order valence-corrected chi connectivity index (χ3v) is 3.52. The number of benzene rings is 2. The maximum atomic E-state index is 13.7. The molecule has 0 aliphatic carbocycles. The fraction of sp³-hybridized carbons (Fsp3) is 0.188. The predicted molar refractivity (Wildman–Crippen MR) is 80.4 cm³/mol. The van der Waals surface area contributed by atoms with Crippen LogP contribution < -0.4 is 5.32 Å². The van der Waals surface area contributed by atoms with Crippen molar-refractivity contribution in [1.82, 2.24) is 20.3 Å². The molecule has 1 atom stereocenters. The standard InChI is InChI=1S/C16H14F2N4O/c1-10(12-8-11(17)6-7-13(12)18)19-16(23)9-22-15-5-3-2-4-14(15)20-21-22/h2-8,10H,9H2,1H3,(H,19,23). The van der Waals surface area contributed by atoms with E-state index >= 15 is 0 Å². The molecule has 1 amide bonds. The smallest absolute Gasteiger partial charge is 0.242 e. The fourth-order valence-corrected chi connectivity index (χ4v) is 2.38. The van der Waals surface area contributed by atoms with E-state index in [1.807, 2.05) is 12.1 Å². The zero-order valence-corrected chi connectivity index (χ0v) is 12.3. The molecular weight excluding hydrogens is 302 g/mol. The number of carbonyl (C=O) groups excluding carboxylic acids is 1. The van der Waals surface area contributed by atoms with Crippen molar-refractivity contribution < 1.29 is 13.6 Å². The molecule has 3 rings (SSSR count). The van der Waals surface area contributed by atoms with Gasteiger partial charge in [-0.1, -0.05) is 17.3 Å². The van der Waals surface area contributed by atoms with Crippen LogP contribution in [0.2, 0.25) is 0 Å². The third kappa shape index (κ3) is 3.18. The number of rotatable bonds is 4. The normalized spacial score (nSPS) is 12.3. The van der Waals surface area contributed by atoms with E-state index < -0.39 is 17.7 Å². The van der Waals surface area contributed by atoms with Crippen LogP contribution in [-0.2, 0) is 11.3 Å². The minimum atomic E-state index is -0.659. The van der Waals surface area contributed by atoms with Gasteiger partial charge in [-0.05, 0) is 37.3 Å². The van der Waals surface area contributed by atoms with E-state index in [1.54, 1.807) is 19.1 Å². The topological polar surface area (TPSA) is 59.8 Å². The maximum absolute atomic E-state index is 13.7. The van der Waals surface area contributed by atoms with Gasteiger partial charge in [0.1, 0.15) is 23.7 Å². The van der Waals surface area contributed by atoms with E-state index in [0.29, 0.717) is 5.52 Å². The Morgan fingerprint density at radius 1 is 1.26 bits per heavy atom. The lowest BCUT2D eigenvalue weighted by atomic mass is 10.1. The van der Waals surface area contributed by atoms with Gasteiger partial charge in [-0.15, -0.1) is 5.10 Å². The number of nitrogens with zero attached hydrogens (tertiary/aromatic N) is 3. The van der Waals surface area contributed by atoms with Crippen molar-refractivity contribution in [3.05, 3.63) is 59.7 Å². The van der Waals surface area contributed by atoms with Gasteiger partial charge in [-0.3, -0.25) is 4.79 Å². The minimum Gasteiger partial charge on any atom is -0.348 e. The van der Waals surface area contributed by atoms with Crippen molar-refractivity contribution in [2.24, 2.45) is 0 Å². The second-order valence-corrected chi connectivity index (χ2v) is 5.19. The number of amides is 1. The van der Waals surface area contributed by atoms with Crippen LogP contribution in [0.1, 0.15) is 18.5 Å². The Hall–Kier alpha value is -2.83. The lowest BCUT2D eigenvalue weighted by molar-refractivity contribution is -0.122. The largest absolute Gasteiger partial charge is 0.348 e. The second kappa shape index (κ2) is 6.12. The maximum Gasteiger partial charge on any atom is 0.242 e. The highest BCUT2D eigenvalue weighted by Crippen LogP contribution is 2.18. The molecule has 3 aromatic rings. The number of para-hydroxylation sites is 1. The summed E-state index contributed by atoms with van der Waals surface area (Å²) in [4.78, 5) is 12.1. The summed E-state index contributed by atoms with van der Waals surface area (Å²) >= 11 is 0.